The third-order valence-corrected chi connectivity index (χ3v) is 5.28. The number of thiophene rings is 1. The quantitative estimate of drug-likeness (QED) is 0.375. The summed E-state index contributed by atoms with van der Waals surface area (Å²) in [7, 11) is 1.79. The van der Waals surface area contributed by atoms with E-state index >= 15 is 0 Å². The molecule has 0 aromatic carbocycles. The van der Waals surface area contributed by atoms with Crippen molar-refractivity contribution in [3.63, 3.8) is 0 Å². The molecule has 27 heavy (non-hydrogen) atoms. The topological polar surface area (TPSA) is 61.8 Å². The first kappa shape index (κ1) is 21.9. The second kappa shape index (κ2) is 10.8. The lowest BCUT2D eigenvalue weighted by atomic mass is 10.2. The zero-order valence-corrected chi connectivity index (χ0v) is 19.2. The zero-order valence-electron chi connectivity index (χ0n) is 16.1. The van der Waals surface area contributed by atoms with Crippen LogP contribution in [0, 0.1) is 6.92 Å². The molecule has 0 aliphatic carbocycles. The van der Waals surface area contributed by atoms with E-state index < -0.39 is 0 Å². The minimum atomic E-state index is 0. The second-order valence-corrected chi connectivity index (χ2v) is 7.82. The van der Waals surface area contributed by atoms with Gasteiger partial charge >= 0.3 is 0 Å². The first-order valence-corrected chi connectivity index (χ1v) is 9.77. The van der Waals surface area contributed by atoms with Crippen molar-refractivity contribution in [1.82, 2.24) is 15.6 Å². The van der Waals surface area contributed by atoms with Gasteiger partial charge in [0.15, 0.2) is 5.96 Å². The van der Waals surface area contributed by atoms with Crippen molar-refractivity contribution in [2.24, 2.45) is 4.99 Å². The SMILES string of the molecule is CN=C(NCc1ccc(N2CCOC(C)C2)nc1)NCc1ccc(C)s1.I. The Morgan fingerprint density at radius 2 is 2.11 bits per heavy atom. The number of pyridine rings is 1. The number of aromatic nitrogens is 1. The average Bonchev–Trinajstić information content (AvgIpc) is 3.07. The molecule has 8 heteroatoms. The van der Waals surface area contributed by atoms with Gasteiger partial charge in [0.25, 0.3) is 0 Å². The highest BCUT2D eigenvalue weighted by Crippen LogP contribution is 2.16. The number of morpholine rings is 1. The molecule has 2 aromatic rings. The average molecular weight is 501 g/mol. The summed E-state index contributed by atoms with van der Waals surface area (Å²) in [5.74, 6) is 1.81. The molecule has 2 aromatic heterocycles. The van der Waals surface area contributed by atoms with Gasteiger partial charge in [0, 0.05) is 42.6 Å². The Hall–Kier alpha value is -1.39. The molecule has 1 atom stereocenters. The van der Waals surface area contributed by atoms with E-state index in [0.29, 0.717) is 6.54 Å². The molecule has 3 heterocycles. The van der Waals surface area contributed by atoms with Crippen LogP contribution in [-0.2, 0) is 17.8 Å². The number of nitrogens with zero attached hydrogens (tertiary/aromatic N) is 3. The van der Waals surface area contributed by atoms with E-state index in [4.69, 9.17) is 4.74 Å². The van der Waals surface area contributed by atoms with Crippen molar-refractivity contribution >= 4 is 47.1 Å². The summed E-state index contributed by atoms with van der Waals surface area (Å²) in [6.45, 7) is 8.24. The normalized spacial score (nSPS) is 17.4. The van der Waals surface area contributed by atoms with Crippen molar-refractivity contribution in [3.05, 3.63) is 45.8 Å². The first-order chi connectivity index (χ1) is 12.6. The van der Waals surface area contributed by atoms with Crippen molar-refractivity contribution in [3.8, 4) is 0 Å². The van der Waals surface area contributed by atoms with Crippen molar-refractivity contribution in [2.75, 3.05) is 31.6 Å². The lowest BCUT2D eigenvalue weighted by Crippen LogP contribution is -2.41. The van der Waals surface area contributed by atoms with E-state index in [0.717, 1.165) is 43.6 Å². The Kier molecular flexibility index (Phi) is 8.78. The van der Waals surface area contributed by atoms with Crippen LogP contribution in [0.5, 0.6) is 0 Å². The van der Waals surface area contributed by atoms with Gasteiger partial charge in [0.1, 0.15) is 5.82 Å². The molecule has 1 aliphatic heterocycles. The zero-order chi connectivity index (χ0) is 18.4. The predicted octanol–water partition coefficient (Wildman–Crippen LogP) is 3.16. The standard InChI is InChI=1S/C19H27N5OS.HI/c1-14-13-24(8-9-25-14)18-7-5-16(10-21-18)11-22-19(20-3)23-12-17-6-4-15(2)26-17;/h4-7,10,14H,8-9,11-13H2,1-3H3,(H2,20,22,23);1H. The fourth-order valence-electron chi connectivity index (χ4n) is 2.89. The highest BCUT2D eigenvalue weighted by molar-refractivity contribution is 14.0. The van der Waals surface area contributed by atoms with E-state index in [1.165, 1.54) is 9.75 Å². The molecule has 1 aliphatic rings. The van der Waals surface area contributed by atoms with Crippen LogP contribution in [0.4, 0.5) is 5.82 Å². The Bertz CT molecular complexity index is 734. The summed E-state index contributed by atoms with van der Waals surface area (Å²) in [4.78, 5) is 13.8. The van der Waals surface area contributed by atoms with Crippen LogP contribution < -0.4 is 15.5 Å². The summed E-state index contributed by atoms with van der Waals surface area (Å²) in [6, 6.07) is 8.49. The third-order valence-electron chi connectivity index (χ3n) is 4.28. The van der Waals surface area contributed by atoms with Crippen LogP contribution in [0.25, 0.3) is 0 Å². The number of guanidine groups is 1. The largest absolute Gasteiger partial charge is 0.375 e. The lowest BCUT2D eigenvalue weighted by Gasteiger charge is -2.32. The van der Waals surface area contributed by atoms with Crippen LogP contribution in [0.2, 0.25) is 0 Å². The number of nitrogens with one attached hydrogen (secondary N) is 2. The fraction of sp³-hybridized carbons (Fsp3) is 0.474. The predicted molar refractivity (Wildman–Crippen MR) is 123 cm³/mol. The van der Waals surface area contributed by atoms with Gasteiger partial charge in [0.05, 0.1) is 19.3 Å². The smallest absolute Gasteiger partial charge is 0.191 e. The van der Waals surface area contributed by atoms with Gasteiger partial charge in [-0.1, -0.05) is 6.07 Å². The Balaban J connectivity index is 0.00000261. The summed E-state index contributed by atoms with van der Waals surface area (Å²) in [5.41, 5.74) is 1.13. The monoisotopic (exact) mass is 501 g/mol. The number of halogens is 1. The van der Waals surface area contributed by atoms with Gasteiger partial charge in [-0.3, -0.25) is 4.99 Å². The molecule has 1 unspecified atom stereocenters. The lowest BCUT2D eigenvalue weighted by molar-refractivity contribution is 0.0529. The van der Waals surface area contributed by atoms with Gasteiger partial charge in [-0.2, -0.15) is 0 Å². The molecular formula is C19H28IN5OS. The van der Waals surface area contributed by atoms with Crippen LogP contribution in [-0.4, -0.2) is 43.8 Å². The van der Waals surface area contributed by atoms with Crippen molar-refractivity contribution < 1.29 is 4.74 Å². The molecule has 0 radical (unpaired) electrons. The highest BCUT2D eigenvalue weighted by atomic mass is 127. The fourth-order valence-corrected chi connectivity index (χ4v) is 3.72. The molecule has 1 saturated heterocycles. The van der Waals surface area contributed by atoms with E-state index in [1.54, 1.807) is 18.4 Å². The number of rotatable bonds is 5. The van der Waals surface area contributed by atoms with E-state index in [1.807, 2.05) is 6.20 Å². The maximum absolute atomic E-state index is 5.59. The highest BCUT2D eigenvalue weighted by Gasteiger charge is 2.17. The van der Waals surface area contributed by atoms with Gasteiger partial charge in [-0.25, -0.2) is 4.98 Å². The van der Waals surface area contributed by atoms with Gasteiger partial charge in [0.2, 0.25) is 0 Å². The minimum Gasteiger partial charge on any atom is -0.375 e. The maximum atomic E-state index is 5.59. The van der Waals surface area contributed by atoms with Gasteiger partial charge < -0.3 is 20.3 Å². The van der Waals surface area contributed by atoms with Crippen LogP contribution in [0.15, 0.2) is 35.5 Å². The summed E-state index contributed by atoms with van der Waals surface area (Å²) in [6.07, 6.45) is 2.19. The molecule has 1 fully saturated rings. The minimum absolute atomic E-state index is 0. The molecule has 0 bridgehead atoms. The number of ether oxygens (including phenoxy) is 1. The summed E-state index contributed by atoms with van der Waals surface area (Å²) < 4.78 is 5.59. The number of aryl methyl sites for hydroxylation is 1. The molecule has 6 nitrogen and oxygen atoms in total. The number of aliphatic imine (C=N–C) groups is 1. The molecule has 0 saturated carbocycles. The second-order valence-electron chi connectivity index (χ2n) is 6.44. The summed E-state index contributed by atoms with van der Waals surface area (Å²) in [5, 5.41) is 6.68. The van der Waals surface area contributed by atoms with E-state index in [9.17, 15) is 0 Å². The molecule has 2 N–H and O–H groups in total. The molecule has 3 rings (SSSR count). The number of anilines is 1. The number of hydrogen-bond acceptors (Lipinski definition) is 5. The first-order valence-electron chi connectivity index (χ1n) is 8.95. The molecule has 0 amide bonds. The van der Waals surface area contributed by atoms with Crippen LogP contribution in [0.3, 0.4) is 0 Å². The van der Waals surface area contributed by atoms with E-state index in [2.05, 4.69) is 63.6 Å². The van der Waals surface area contributed by atoms with Gasteiger partial charge in [-0.15, -0.1) is 35.3 Å². The molecule has 148 valence electrons. The Morgan fingerprint density at radius 1 is 1.30 bits per heavy atom. The molecular weight excluding hydrogens is 473 g/mol. The third kappa shape index (κ3) is 6.62. The summed E-state index contributed by atoms with van der Waals surface area (Å²) >= 11 is 1.80. The van der Waals surface area contributed by atoms with E-state index in [-0.39, 0.29) is 30.1 Å². The van der Waals surface area contributed by atoms with Crippen LogP contribution in [0.1, 0.15) is 22.2 Å². The van der Waals surface area contributed by atoms with Crippen LogP contribution >= 0.6 is 35.3 Å². The Morgan fingerprint density at radius 3 is 2.74 bits per heavy atom. The van der Waals surface area contributed by atoms with Crippen molar-refractivity contribution in [2.45, 2.75) is 33.0 Å². The number of hydrogen-bond donors (Lipinski definition) is 2. The maximum Gasteiger partial charge on any atom is 0.191 e. The van der Waals surface area contributed by atoms with Gasteiger partial charge in [-0.05, 0) is 37.6 Å². The Labute approximate surface area is 182 Å². The molecule has 0 spiro atoms. The van der Waals surface area contributed by atoms with Crippen molar-refractivity contribution in [1.29, 1.82) is 0 Å².